The van der Waals surface area contributed by atoms with Crippen LogP contribution < -0.4 is 5.32 Å². The number of nitrogens with one attached hydrogen (secondary N) is 1. The molecule has 4 nitrogen and oxygen atoms in total. The van der Waals surface area contributed by atoms with Gasteiger partial charge in [-0.3, -0.25) is 10.1 Å². The molecule has 1 heterocycles. The van der Waals surface area contributed by atoms with Crippen LogP contribution >= 0.6 is 11.3 Å². The minimum Gasteiger partial charge on any atom is -0.480 e. The van der Waals surface area contributed by atoms with E-state index in [0.717, 1.165) is 21.0 Å². The van der Waals surface area contributed by atoms with Gasteiger partial charge in [0, 0.05) is 23.2 Å². The number of thiazole rings is 1. The zero-order valence-corrected chi connectivity index (χ0v) is 14.8. The fourth-order valence-corrected chi connectivity index (χ4v) is 3.41. The van der Waals surface area contributed by atoms with E-state index in [2.05, 4.69) is 41.5 Å². The largest absolute Gasteiger partial charge is 0.480 e. The summed E-state index contributed by atoms with van der Waals surface area (Å²) >= 11 is 1.59. The summed E-state index contributed by atoms with van der Waals surface area (Å²) in [7, 11) is 0. The van der Waals surface area contributed by atoms with Gasteiger partial charge in [0.05, 0.1) is 0 Å². The maximum atomic E-state index is 11.5. The molecule has 0 amide bonds. The molecule has 0 fully saturated rings. The molecule has 3 aromatic rings. The first kappa shape index (κ1) is 17.3. The summed E-state index contributed by atoms with van der Waals surface area (Å²) in [5.41, 5.74) is 3.31. The first-order valence-electron chi connectivity index (χ1n) is 8.13. The van der Waals surface area contributed by atoms with Crippen molar-refractivity contribution in [3.8, 4) is 10.6 Å². The zero-order valence-electron chi connectivity index (χ0n) is 14.0. The fraction of sp³-hybridized carbons (Fsp3) is 0.200. The molecule has 0 bridgehead atoms. The van der Waals surface area contributed by atoms with Crippen molar-refractivity contribution in [3.63, 3.8) is 0 Å². The minimum atomic E-state index is -0.841. The number of rotatable bonds is 7. The number of aromatic nitrogens is 1. The van der Waals surface area contributed by atoms with E-state index in [1.165, 1.54) is 5.56 Å². The quantitative estimate of drug-likeness (QED) is 0.677. The number of benzene rings is 2. The molecule has 1 aromatic heterocycles. The highest BCUT2D eigenvalue weighted by molar-refractivity contribution is 7.15. The number of aryl methyl sites for hydroxylation is 1. The van der Waals surface area contributed by atoms with Crippen LogP contribution in [0.1, 0.15) is 16.0 Å². The third kappa shape index (κ3) is 4.75. The van der Waals surface area contributed by atoms with E-state index in [4.69, 9.17) is 0 Å². The standard InChI is InChI=1S/C20H20N2O2S/c1-14-7-9-16(10-8-14)19-22-13-17(25-19)12-21-18(20(23)24)11-15-5-3-2-4-6-15/h2-10,13,18,21H,11-12H2,1H3,(H,23,24)/t18-/m1/s1. The molecule has 2 aromatic carbocycles. The van der Waals surface area contributed by atoms with Gasteiger partial charge in [-0.25, -0.2) is 4.98 Å². The maximum Gasteiger partial charge on any atom is 0.321 e. The Morgan fingerprint density at radius 2 is 1.88 bits per heavy atom. The molecule has 0 aliphatic carbocycles. The third-order valence-corrected chi connectivity index (χ3v) is 5.00. The summed E-state index contributed by atoms with van der Waals surface area (Å²) in [6.45, 7) is 2.55. The molecule has 25 heavy (non-hydrogen) atoms. The Kier molecular flexibility index (Phi) is 5.58. The molecule has 2 N–H and O–H groups in total. The molecule has 0 unspecified atom stereocenters. The second-order valence-corrected chi connectivity index (χ2v) is 7.07. The van der Waals surface area contributed by atoms with E-state index < -0.39 is 12.0 Å². The molecule has 1 atom stereocenters. The summed E-state index contributed by atoms with van der Waals surface area (Å²) < 4.78 is 0. The van der Waals surface area contributed by atoms with Gasteiger partial charge in [-0.2, -0.15) is 0 Å². The maximum absolute atomic E-state index is 11.5. The lowest BCUT2D eigenvalue weighted by Gasteiger charge is -2.13. The number of carboxylic acids is 1. The second kappa shape index (κ2) is 8.05. The second-order valence-electron chi connectivity index (χ2n) is 5.96. The SMILES string of the molecule is Cc1ccc(-c2ncc(CN[C@H](Cc3ccccc3)C(=O)O)s2)cc1. The Balaban J connectivity index is 1.63. The number of aliphatic carboxylic acids is 1. The van der Waals surface area contributed by atoms with Crippen LogP contribution in [0.25, 0.3) is 10.6 Å². The van der Waals surface area contributed by atoms with Gasteiger partial charge in [-0.05, 0) is 18.9 Å². The first-order valence-corrected chi connectivity index (χ1v) is 8.95. The normalized spacial score (nSPS) is 12.0. The first-order chi connectivity index (χ1) is 12.1. The summed E-state index contributed by atoms with van der Waals surface area (Å²) in [6.07, 6.45) is 2.27. The summed E-state index contributed by atoms with van der Waals surface area (Å²) in [6, 6.07) is 17.3. The monoisotopic (exact) mass is 352 g/mol. The Bertz CT molecular complexity index is 828. The van der Waals surface area contributed by atoms with Crippen molar-refractivity contribution in [2.45, 2.75) is 25.9 Å². The lowest BCUT2D eigenvalue weighted by molar-refractivity contribution is -0.139. The molecule has 0 spiro atoms. The molecule has 5 heteroatoms. The van der Waals surface area contributed by atoms with Crippen LogP contribution in [-0.2, 0) is 17.8 Å². The van der Waals surface area contributed by atoms with Crippen molar-refractivity contribution in [2.24, 2.45) is 0 Å². The number of hydrogen-bond acceptors (Lipinski definition) is 4. The molecule has 0 saturated heterocycles. The topological polar surface area (TPSA) is 62.2 Å². The third-order valence-electron chi connectivity index (χ3n) is 3.96. The van der Waals surface area contributed by atoms with Crippen molar-refractivity contribution in [2.75, 3.05) is 0 Å². The van der Waals surface area contributed by atoms with E-state index in [9.17, 15) is 9.90 Å². The average molecular weight is 352 g/mol. The number of nitrogens with zero attached hydrogens (tertiary/aromatic N) is 1. The van der Waals surface area contributed by atoms with E-state index >= 15 is 0 Å². The molecular formula is C20H20N2O2S. The van der Waals surface area contributed by atoms with Gasteiger partial charge >= 0.3 is 5.97 Å². The van der Waals surface area contributed by atoms with Gasteiger partial charge in [0.1, 0.15) is 11.0 Å². The van der Waals surface area contributed by atoms with Gasteiger partial charge in [0.2, 0.25) is 0 Å². The number of carboxylic acid groups (broad SMARTS) is 1. The lowest BCUT2D eigenvalue weighted by atomic mass is 10.1. The van der Waals surface area contributed by atoms with Crippen molar-refractivity contribution >= 4 is 17.3 Å². The van der Waals surface area contributed by atoms with Crippen molar-refractivity contribution in [1.82, 2.24) is 10.3 Å². The molecule has 128 valence electrons. The van der Waals surface area contributed by atoms with Crippen LogP contribution in [0.4, 0.5) is 0 Å². The Labute approximate surface area is 151 Å². The number of hydrogen-bond donors (Lipinski definition) is 2. The van der Waals surface area contributed by atoms with Crippen LogP contribution in [-0.4, -0.2) is 22.1 Å². The van der Waals surface area contributed by atoms with Crippen molar-refractivity contribution in [1.29, 1.82) is 0 Å². The van der Waals surface area contributed by atoms with Crippen LogP contribution in [0.3, 0.4) is 0 Å². The molecule has 0 saturated carbocycles. The van der Waals surface area contributed by atoms with E-state index in [1.54, 1.807) is 11.3 Å². The van der Waals surface area contributed by atoms with Gasteiger partial charge in [0.15, 0.2) is 0 Å². The molecule has 3 rings (SSSR count). The van der Waals surface area contributed by atoms with Gasteiger partial charge in [-0.15, -0.1) is 11.3 Å². The highest BCUT2D eigenvalue weighted by atomic mass is 32.1. The fourth-order valence-electron chi connectivity index (χ4n) is 2.54. The van der Waals surface area contributed by atoms with E-state index in [1.807, 2.05) is 36.5 Å². The Morgan fingerprint density at radius 1 is 1.16 bits per heavy atom. The van der Waals surface area contributed by atoms with E-state index in [0.29, 0.717) is 13.0 Å². The van der Waals surface area contributed by atoms with Crippen LogP contribution in [0, 0.1) is 6.92 Å². The molecule has 0 radical (unpaired) electrons. The number of carbonyl (C=O) groups is 1. The van der Waals surface area contributed by atoms with E-state index in [-0.39, 0.29) is 0 Å². The molecule has 0 aliphatic rings. The zero-order chi connectivity index (χ0) is 17.6. The Hall–Kier alpha value is -2.50. The smallest absolute Gasteiger partial charge is 0.321 e. The van der Waals surface area contributed by atoms with Gasteiger partial charge < -0.3 is 5.11 Å². The average Bonchev–Trinajstić information content (AvgIpc) is 3.09. The van der Waals surface area contributed by atoms with Crippen LogP contribution in [0.2, 0.25) is 0 Å². The predicted octanol–water partition coefficient (Wildman–Crippen LogP) is 3.90. The minimum absolute atomic E-state index is 0.458. The lowest BCUT2D eigenvalue weighted by Crippen LogP contribution is -2.37. The highest BCUT2D eigenvalue weighted by Crippen LogP contribution is 2.25. The summed E-state index contributed by atoms with van der Waals surface area (Å²) in [5, 5.41) is 13.5. The highest BCUT2D eigenvalue weighted by Gasteiger charge is 2.17. The van der Waals surface area contributed by atoms with Crippen LogP contribution in [0.5, 0.6) is 0 Å². The molecular weight excluding hydrogens is 332 g/mol. The van der Waals surface area contributed by atoms with Gasteiger partial charge in [0.25, 0.3) is 0 Å². The molecule has 0 aliphatic heterocycles. The van der Waals surface area contributed by atoms with Crippen LogP contribution in [0.15, 0.2) is 60.8 Å². The summed E-state index contributed by atoms with van der Waals surface area (Å²) in [5.74, 6) is -0.841. The van der Waals surface area contributed by atoms with Crippen molar-refractivity contribution < 1.29 is 9.90 Å². The Morgan fingerprint density at radius 3 is 2.56 bits per heavy atom. The van der Waals surface area contributed by atoms with Gasteiger partial charge in [-0.1, -0.05) is 60.2 Å². The van der Waals surface area contributed by atoms with Crippen molar-refractivity contribution in [3.05, 3.63) is 76.8 Å². The summed E-state index contributed by atoms with van der Waals surface area (Å²) in [4.78, 5) is 17.0. The predicted molar refractivity (Wildman–Crippen MR) is 101 cm³/mol.